The van der Waals surface area contributed by atoms with E-state index in [-0.39, 0.29) is 6.54 Å². The Labute approximate surface area is 143 Å². The maximum absolute atomic E-state index is 10.4. The second-order valence-corrected chi connectivity index (χ2v) is 6.78. The van der Waals surface area contributed by atoms with E-state index in [0.29, 0.717) is 0 Å². The van der Waals surface area contributed by atoms with Crippen molar-refractivity contribution in [3.63, 3.8) is 0 Å². The zero-order valence-corrected chi connectivity index (χ0v) is 13.3. The fraction of sp³-hybridized carbons (Fsp3) is 1.00. The standard InChI is InChI=1S/C14H25NO10/c16-2-4-8(18)11(21)7-9(19)5(1-15(4)7)24-14-13(23)12(22)10(20)6(3-17)25-14/h4-14,16-23H,1-3H2/t4-,5-,6?,7+,8+,9+,10+,11+,12-,13?,14+/m0/s1. The molecule has 0 aromatic rings. The molecule has 8 N–H and O–H groups in total. The minimum Gasteiger partial charge on any atom is -0.395 e. The molecule has 0 radical (unpaired) electrons. The molecule has 11 nitrogen and oxygen atoms in total. The van der Waals surface area contributed by atoms with Gasteiger partial charge in [-0.3, -0.25) is 4.90 Å². The summed E-state index contributed by atoms with van der Waals surface area (Å²) in [6, 6.07) is -1.62. The van der Waals surface area contributed by atoms with Crippen molar-refractivity contribution in [1.29, 1.82) is 0 Å². The van der Waals surface area contributed by atoms with Crippen LogP contribution in [0.25, 0.3) is 0 Å². The van der Waals surface area contributed by atoms with Crippen LogP contribution >= 0.6 is 0 Å². The highest BCUT2D eigenvalue weighted by molar-refractivity contribution is 5.10. The van der Waals surface area contributed by atoms with Gasteiger partial charge in [-0.2, -0.15) is 0 Å². The highest BCUT2D eigenvalue weighted by Crippen LogP contribution is 2.36. The second-order valence-electron chi connectivity index (χ2n) is 6.78. The number of rotatable bonds is 4. The van der Waals surface area contributed by atoms with Crippen LogP contribution in [0.4, 0.5) is 0 Å². The predicted octanol–water partition coefficient (Wildman–Crippen LogP) is -5.69. The average molecular weight is 367 g/mol. The van der Waals surface area contributed by atoms with Gasteiger partial charge in [0.25, 0.3) is 0 Å². The van der Waals surface area contributed by atoms with E-state index >= 15 is 0 Å². The molecule has 0 aliphatic carbocycles. The van der Waals surface area contributed by atoms with Crippen LogP contribution in [0.5, 0.6) is 0 Å². The van der Waals surface area contributed by atoms with E-state index < -0.39 is 80.4 Å². The fourth-order valence-corrected chi connectivity index (χ4v) is 3.92. The highest BCUT2D eigenvalue weighted by Gasteiger charge is 2.58. The first-order chi connectivity index (χ1) is 11.8. The zero-order chi connectivity index (χ0) is 18.5. The summed E-state index contributed by atoms with van der Waals surface area (Å²) < 4.78 is 10.8. The van der Waals surface area contributed by atoms with Gasteiger partial charge in [-0.25, -0.2) is 0 Å². The molecule has 0 spiro atoms. The molecule has 0 saturated carbocycles. The van der Waals surface area contributed by atoms with Crippen LogP contribution in [0.2, 0.25) is 0 Å². The van der Waals surface area contributed by atoms with Gasteiger partial charge in [0.05, 0.1) is 43.6 Å². The third-order valence-corrected chi connectivity index (χ3v) is 5.37. The first kappa shape index (κ1) is 19.3. The van der Waals surface area contributed by atoms with Crippen LogP contribution in [0.1, 0.15) is 0 Å². The van der Waals surface area contributed by atoms with Gasteiger partial charge >= 0.3 is 0 Å². The lowest BCUT2D eigenvalue weighted by molar-refractivity contribution is -0.314. The van der Waals surface area contributed by atoms with Gasteiger partial charge in [-0.1, -0.05) is 0 Å². The van der Waals surface area contributed by atoms with Crippen LogP contribution in [-0.4, -0.2) is 133 Å². The summed E-state index contributed by atoms with van der Waals surface area (Å²) in [6.45, 7) is -0.987. The minimum atomic E-state index is -1.61. The van der Waals surface area contributed by atoms with Crippen molar-refractivity contribution < 1.29 is 50.3 Å². The lowest BCUT2D eigenvalue weighted by Crippen LogP contribution is -2.60. The molecule has 3 rings (SSSR count). The lowest BCUT2D eigenvalue weighted by atomic mass is 9.99. The SMILES string of the molecule is OCC1O[C@@H](O[C@H]2CN3[C@@H]([C@@H](O)[C@H](O)[C@@H]3CO)[C@@H]2O)C(O)[C@@H](O)[C@@H]1O. The van der Waals surface area contributed by atoms with Crippen molar-refractivity contribution >= 4 is 0 Å². The molecular formula is C14H25NO10. The van der Waals surface area contributed by atoms with E-state index in [2.05, 4.69) is 0 Å². The maximum atomic E-state index is 10.4. The Kier molecular flexibility index (Phi) is 5.63. The average Bonchev–Trinajstić information content (AvgIpc) is 3.03. The summed E-state index contributed by atoms with van der Waals surface area (Å²) in [5.41, 5.74) is 0. The van der Waals surface area contributed by atoms with Gasteiger partial charge in [0.15, 0.2) is 6.29 Å². The fourth-order valence-electron chi connectivity index (χ4n) is 3.92. The molecule has 0 aromatic heterocycles. The van der Waals surface area contributed by atoms with Gasteiger partial charge in [0.1, 0.15) is 30.5 Å². The van der Waals surface area contributed by atoms with Crippen LogP contribution in [0.15, 0.2) is 0 Å². The molecule has 0 aromatic carbocycles. The minimum absolute atomic E-state index is 0.0419. The normalized spacial score (nSPS) is 54.0. The van der Waals surface area contributed by atoms with E-state index in [0.717, 1.165) is 0 Å². The van der Waals surface area contributed by atoms with Crippen molar-refractivity contribution in [2.24, 2.45) is 0 Å². The van der Waals surface area contributed by atoms with Crippen molar-refractivity contribution in [1.82, 2.24) is 4.90 Å². The quantitative estimate of drug-likeness (QED) is 0.237. The molecular weight excluding hydrogens is 342 g/mol. The molecule has 0 amide bonds. The topological polar surface area (TPSA) is 184 Å². The molecule has 3 aliphatic rings. The molecule has 3 saturated heterocycles. The maximum Gasteiger partial charge on any atom is 0.187 e. The largest absolute Gasteiger partial charge is 0.395 e. The van der Waals surface area contributed by atoms with Crippen molar-refractivity contribution in [3.05, 3.63) is 0 Å². The smallest absolute Gasteiger partial charge is 0.187 e. The van der Waals surface area contributed by atoms with Gasteiger partial charge in [-0.15, -0.1) is 0 Å². The van der Waals surface area contributed by atoms with Gasteiger partial charge in [0.2, 0.25) is 0 Å². The lowest BCUT2D eigenvalue weighted by Gasteiger charge is -2.40. The molecule has 3 heterocycles. The summed E-state index contributed by atoms with van der Waals surface area (Å²) in [4.78, 5) is 1.52. The Morgan fingerprint density at radius 1 is 0.800 bits per heavy atom. The number of hydrogen-bond acceptors (Lipinski definition) is 11. The molecule has 25 heavy (non-hydrogen) atoms. The van der Waals surface area contributed by atoms with Gasteiger partial charge < -0.3 is 50.3 Å². The third kappa shape index (κ3) is 3.09. The van der Waals surface area contributed by atoms with E-state index in [1.165, 1.54) is 4.90 Å². The van der Waals surface area contributed by atoms with Crippen LogP contribution < -0.4 is 0 Å². The number of ether oxygens (including phenoxy) is 2. The Bertz CT molecular complexity index is 467. The van der Waals surface area contributed by atoms with E-state index in [1.54, 1.807) is 0 Å². The Hall–Kier alpha value is -0.440. The summed E-state index contributed by atoms with van der Waals surface area (Å²) in [7, 11) is 0. The third-order valence-electron chi connectivity index (χ3n) is 5.37. The van der Waals surface area contributed by atoms with Gasteiger partial charge in [-0.05, 0) is 0 Å². The molecule has 3 fully saturated rings. The number of fused-ring (bicyclic) bond motifs is 1. The molecule has 3 aliphatic heterocycles. The monoisotopic (exact) mass is 367 g/mol. The number of aliphatic hydroxyl groups excluding tert-OH is 8. The van der Waals surface area contributed by atoms with Crippen LogP contribution in [-0.2, 0) is 9.47 Å². The zero-order valence-electron chi connectivity index (χ0n) is 13.3. The molecule has 0 bridgehead atoms. The van der Waals surface area contributed by atoms with Crippen LogP contribution in [0.3, 0.4) is 0 Å². The highest BCUT2D eigenvalue weighted by atomic mass is 16.7. The number of nitrogens with zero attached hydrogens (tertiary/aromatic N) is 1. The first-order valence-electron chi connectivity index (χ1n) is 8.18. The van der Waals surface area contributed by atoms with E-state index in [9.17, 15) is 40.9 Å². The summed E-state index contributed by atoms with van der Waals surface area (Å²) >= 11 is 0. The van der Waals surface area contributed by atoms with Crippen molar-refractivity contribution in [2.45, 2.75) is 67.2 Å². The molecule has 11 atom stereocenters. The van der Waals surface area contributed by atoms with E-state index in [4.69, 9.17) is 9.47 Å². The predicted molar refractivity (Wildman–Crippen MR) is 78.0 cm³/mol. The molecule has 2 unspecified atom stereocenters. The first-order valence-corrected chi connectivity index (χ1v) is 8.18. The van der Waals surface area contributed by atoms with Crippen molar-refractivity contribution in [3.8, 4) is 0 Å². The summed E-state index contributed by atoms with van der Waals surface area (Å²) in [5.74, 6) is 0. The van der Waals surface area contributed by atoms with Crippen LogP contribution in [0, 0.1) is 0 Å². The Morgan fingerprint density at radius 2 is 1.48 bits per heavy atom. The Morgan fingerprint density at radius 3 is 2.08 bits per heavy atom. The Balaban J connectivity index is 1.70. The summed E-state index contributed by atoms with van der Waals surface area (Å²) in [6.07, 6.45) is -12.0. The van der Waals surface area contributed by atoms with Gasteiger partial charge in [0, 0.05) is 6.54 Å². The molecule has 146 valence electrons. The molecule has 11 heteroatoms. The van der Waals surface area contributed by atoms with E-state index in [1.807, 2.05) is 0 Å². The van der Waals surface area contributed by atoms with Crippen molar-refractivity contribution in [2.75, 3.05) is 19.8 Å². The number of aliphatic hydroxyl groups is 8. The summed E-state index contributed by atoms with van der Waals surface area (Å²) in [5, 5.41) is 78.5. The number of hydrogen-bond donors (Lipinski definition) is 8. The second kappa shape index (κ2) is 7.29.